The van der Waals surface area contributed by atoms with E-state index < -0.39 is 0 Å². The van der Waals surface area contributed by atoms with E-state index >= 15 is 0 Å². The number of methoxy groups -OCH3 is 3. The van der Waals surface area contributed by atoms with Gasteiger partial charge < -0.3 is 18.9 Å². The number of Topliss-reactive ketones (excluding diaryl/α,β-unsaturated/α-hetero) is 1. The molecule has 40 heavy (non-hydrogen) atoms. The highest BCUT2D eigenvalue weighted by molar-refractivity contribution is 6.06. The Morgan fingerprint density at radius 3 is 2.45 bits per heavy atom. The highest BCUT2D eigenvalue weighted by Gasteiger charge is 2.56. The molecular formula is C34H43NO5. The van der Waals surface area contributed by atoms with Crippen LogP contribution in [0.15, 0.2) is 35.9 Å². The summed E-state index contributed by atoms with van der Waals surface area (Å²) >= 11 is 0. The van der Waals surface area contributed by atoms with E-state index in [1.807, 2.05) is 18.2 Å². The van der Waals surface area contributed by atoms with Crippen molar-refractivity contribution in [3.05, 3.63) is 52.6 Å². The molecule has 4 unspecified atom stereocenters. The standard InChI is InChI=1S/C34H43NO5/c1-34-12-11-27-26-10-8-25(40-16-15-35-13-5-6-14-35)20-23(26)7-9-28(27)29(34)21-24(33(34)36)17-22-18-30(37-2)32(39-4)31(19-22)38-3/h8,10,17-20,27-29H,5-7,9,11-16,21H2,1-4H3. The van der Waals surface area contributed by atoms with Crippen molar-refractivity contribution in [1.82, 2.24) is 4.90 Å². The summed E-state index contributed by atoms with van der Waals surface area (Å²) in [6.07, 6.45) is 9.73. The molecule has 3 aliphatic carbocycles. The Hall–Kier alpha value is -2.99. The Kier molecular flexibility index (Phi) is 7.56. The lowest BCUT2D eigenvalue weighted by Gasteiger charge is -2.48. The van der Waals surface area contributed by atoms with E-state index in [1.54, 1.807) is 21.3 Å². The summed E-state index contributed by atoms with van der Waals surface area (Å²) < 4.78 is 22.8. The maximum Gasteiger partial charge on any atom is 0.203 e. The van der Waals surface area contributed by atoms with Crippen LogP contribution in [0, 0.1) is 17.3 Å². The molecule has 2 aromatic carbocycles. The molecule has 0 spiro atoms. The normalized spacial score (nSPS) is 28.6. The second kappa shape index (κ2) is 11.1. The molecule has 1 heterocycles. The molecule has 3 fully saturated rings. The Morgan fingerprint density at radius 1 is 1.00 bits per heavy atom. The number of allylic oxidation sites excluding steroid dienone is 1. The lowest BCUT2D eigenvalue weighted by atomic mass is 9.55. The van der Waals surface area contributed by atoms with Gasteiger partial charge in [-0.15, -0.1) is 0 Å². The van der Waals surface area contributed by atoms with Crippen LogP contribution in [-0.2, 0) is 11.2 Å². The van der Waals surface area contributed by atoms with Crippen molar-refractivity contribution in [3.8, 4) is 23.0 Å². The Bertz CT molecular complexity index is 1270. The molecule has 214 valence electrons. The molecule has 0 aromatic heterocycles. The molecule has 4 aliphatic rings. The number of carbonyl (C=O) groups excluding carboxylic acids is 1. The lowest BCUT2D eigenvalue weighted by Crippen LogP contribution is -2.42. The van der Waals surface area contributed by atoms with Gasteiger partial charge >= 0.3 is 0 Å². The fraction of sp³-hybridized carbons (Fsp3) is 0.559. The highest BCUT2D eigenvalue weighted by atomic mass is 16.5. The minimum Gasteiger partial charge on any atom is -0.493 e. The van der Waals surface area contributed by atoms with Gasteiger partial charge in [0, 0.05) is 12.0 Å². The molecule has 6 heteroatoms. The van der Waals surface area contributed by atoms with E-state index in [-0.39, 0.29) is 5.41 Å². The summed E-state index contributed by atoms with van der Waals surface area (Å²) in [5.74, 6) is 4.51. The molecule has 0 bridgehead atoms. The van der Waals surface area contributed by atoms with E-state index in [0.29, 0.717) is 40.8 Å². The number of hydrogen-bond acceptors (Lipinski definition) is 6. The van der Waals surface area contributed by atoms with Crippen LogP contribution in [-0.4, -0.2) is 58.3 Å². The van der Waals surface area contributed by atoms with Crippen molar-refractivity contribution in [2.75, 3.05) is 47.6 Å². The van der Waals surface area contributed by atoms with E-state index in [2.05, 4.69) is 30.0 Å². The Balaban J connectivity index is 1.20. The van der Waals surface area contributed by atoms with Crippen molar-refractivity contribution >= 4 is 11.9 Å². The third-order valence-electron chi connectivity index (χ3n) is 10.2. The number of hydrogen-bond donors (Lipinski definition) is 0. The molecule has 6 rings (SSSR count). The quantitative estimate of drug-likeness (QED) is 0.363. The second-order valence-corrected chi connectivity index (χ2v) is 12.3. The van der Waals surface area contributed by atoms with Gasteiger partial charge in [-0.25, -0.2) is 0 Å². The first-order valence-electron chi connectivity index (χ1n) is 15.0. The van der Waals surface area contributed by atoms with E-state index in [0.717, 1.165) is 62.1 Å². The van der Waals surface area contributed by atoms with Gasteiger partial charge in [-0.1, -0.05) is 13.0 Å². The van der Waals surface area contributed by atoms with Crippen molar-refractivity contribution in [1.29, 1.82) is 0 Å². The molecular weight excluding hydrogens is 502 g/mol. The van der Waals surface area contributed by atoms with Crippen molar-refractivity contribution in [2.45, 2.75) is 57.8 Å². The van der Waals surface area contributed by atoms with Gasteiger partial charge in [0.05, 0.1) is 21.3 Å². The van der Waals surface area contributed by atoms with Crippen LogP contribution in [0.4, 0.5) is 0 Å². The SMILES string of the molecule is COc1cc(C=C2CC3C4CCc5cc(OCCN6CCCC6)ccc5C4CCC3(C)C2=O)cc(OC)c1OC. The summed E-state index contributed by atoms with van der Waals surface area (Å²) in [5, 5.41) is 0. The molecule has 6 nitrogen and oxygen atoms in total. The Labute approximate surface area is 238 Å². The first kappa shape index (κ1) is 27.2. The summed E-state index contributed by atoms with van der Waals surface area (Å²) in [4.78, 5) is 16.4. The summed E-state index contributed by atoms with van der Waals surface area (Å²) in [7, 11) is 4.84. The number of likely N-dealkylation sites (tertiary alicyclic amines) is 1. The summed E-state index contributed by atoms with van der Waals surface area (Å²) in [6.45, 7) is 6.41. The molecule has 0 radical (unpaired) electrons. The van der Waals surface area contributed by atoms with Crippen LogP contribution in [0.5, 0.6) is 23.0 Å². The number of benzene rings is 2. The largest absolute Gasteiger partial charge is 0.493 e. The number of ether oxygens (including phenoxy) is 4. The number of ketones is 1. The first-order chi connectivity index (χ1) is 19.4. The fourth-order valence-electron chi connectivity index (χ4n) is 8.13. The summed E-state index contributed by atoms with van der Waals surface area (Å²) in [5.41, 5.74) is 4.47. The van der Waals surface area contributed by atoms with Gasteiger partial charge in [0.2, 0.25) is 5.75 Å². The third-order valence-corrected chi connectivity index (χ3v) is 10.2. The van der Waals surface area contributed by atoms with E-state index in [9.17, 15) is 4.79 Å². The molecule has 4 atom stereocenters. The minimum absolute atomic E-state index is 0.288. The Morgan fingerprint density at radius 2 is 1.75 bits per heavy atom. The van der Waals surface area contributed by atoms with Gasteiger partial charge in [0.25, 0.3) is 0 Å². The zero-order valence-electron chi connectivity index (χ0n) is 24.5. The number of nitrogens with zero attached hydrogens (tertiary/aromatic N) is 1. The summed E-state index contributed by atoms with van der Waals surface area (Å²) in [6, 6.07) is 10.6. The van der Waals surface area contributed by atoms with Crippen LogP contribution in [0.3, 0.4) is 0 Å². The fourth-order valence-corrected chi connectivity index (χ4v) is 8.13. The van der Waals surface area contributed by atoms with E-state index in [4.69, 9.17) is 18.9 Å². The van der Waals surface area contributed by atoms with Crippen molar-refractivity contribution < 1.29 is 23.7 Å². The number of carbonyl (C=O) groups is 1. The van der Waals surface area contributed by atoms with E-state index in [1.165, 1.54) is 37.1 Å². The van der Waals surface area contributed by atoms with Gasteiger partial charge in [-0.05, 0) is 128 Å². The maximum absolute atomic E-state index is 13.9. The van der Waals surface area contributed by atoms with Crippen LogP contribution in [0.2, 0.25) is 0 Å². The second-order valence-electron chi connectivity index (χ2n) is 12.3. The molecule has 2 aromatic rings. The predicted octanol–water partition coefficient (Wildman–Crippen LogP) is 6.31. The van der Waals surface area contributed by atoms with Gasteiger partial charge in [-0.2, -0.15) is 0 Å². The lowest BCUT2D eigenvalue weighted by molar-refractivity contribution is -0.127. The van der Waals surface area contributed by atoms with Gasteiger partial charge in [0.15, 0.2) is 17.3 Å². The molecule has 1 saturated heterocycles. The zero-order valence-corrected chi connectivity index (χ0v) is 24.5. The average molecular weight is 546 g/mol. The molecule has 0 amide bonds. The smallest absolute Gasteiger partial charge is 0.203 e. The van der Waals surface area contributed by atoms with Crippen LogP contribution in [0.25, 0.3) is 6.08 Å². The minimum atomic E-state index is -0.288. The van der Waals surface area contributed by atoms with Crippen LogP contribution in [0.1, 0.15) is 68.1 Å². The predicted molar refractivity (Wildman–Crippen MR) is 157 cm³/mol. The third kappa shape index (κ3) is 4.78. The zero-order chi connectivity index (χ0) is 27.9. The average Bonchev–Trinajstić information content (AvgIpc) is 3.58. The molecule has 1 aliphatic heterocycles. The maximum atomic E-state index is 13.9. The van der Waals surface area contributed by atoms with Gasteiger partial charge in [-0.3, -0.25) is 9.69 Å². The molecule has 0 N–H and O–H groups in total. The van der Waals surface area contributed by atoms with Crippen LogP contribution >= 0.6 is 0 Å². The molecule has 2 saturated carbocycles. The monoisotopic (exact) mass is 545 g/mol. The number of rotatable bonds is 8. The van der Waals surface area contributed by atoms with Crippen molar-refractivity contribution in [2.24, 2.45) is 17.3 Å². The highest BCUT2D eigenvalue weighted by Crippen LogP contribution is 2.61. The number of aryl methyl sites for hydroxylation is 1. The van der Waals surface area contributed by atoms with Gasteiger partial charge in [0.1, 0.15) is 12.4 Å². The number of fused-ring (bicyclic) bond motifs is 5. The van der Waals surface area contributed by atoms with Crippen molar-refractivity contribution in [3.63, 3.8) is 0 Å². The van der Waals surface area contributed by atoms with Crippen LogP contribution < -0.4 is 18.9 Å². The topological polar surface area (TPSA) is 57.2 Å². The first-order valence-corrected chi connectivity index (χ1v) is 15.0.